The minimum absolute atomic E-state index is 0.0152. The van der Waals surface area contributed by atoms with Crippen LogP contribution in [0, 0.1) is 11.3 Å². The quantitative estimate of drug-likeness (QED) is 0.339. The van der Waals surface area contributed by atoms with Gasteiger partial charge in [-0.05, 0) is 42.5 Å². The van der Waals surface area contributed by atoms with Gasteiger partial charge in [0.05, 0.1) is 34.0 Å². The number of amides is 1. The number of halogens is 1. The number of anilines is 2. The monoisotopic (exact) mass is 576 g/mol. The number of carbonyl (C=O) groups excluding carboxylic acids is 2. The summed E-state index contributed by atoms with van der Waals surface area (Å²) in [4.78, 5) is 27.5. The summed E-state index contributed by atoms with van der Waals surface area (Å²) in [6.07, 6.45) is 2.64. The number of benzene rings is 2. The Kier molecular flexibility index (Phi) is 8.02. The van der Waals surface area contributed by atoms with Crippen molar-refractivity contribution in [1.29, 1.82) is 5.26 Å². The fourth-order valence-electron chi connectivity index (χ4n) is 4.81. The largest absolute Gasteiger partial charge is 0.384 e. The van der Waals surface area contributed by atoms with Crippen LogP contribution in [0.5, 0.6) is 0 Å². The summed E-state index contributed by atoms with van der Waals surface area (Å²) in [7, 11) is 0. The van der Waals surface area contributed by atoms with Crippen molar-refractivity contribution in [2.75, 3.05) is 16.0 Å². The van der Waals surface area contributed by atoms with Gasteiger partial charge in [0.25, 0.3) is 0 Å². The van der Waals surface area contributed by atoms with Crippen molar-refractivity contribution in [3.05, 3.63) is 87.3 Å². The predicted molar refractivity (Wildman–Crippen MR) is 154 cm³/mol. The van der Waals surface area contributed by atoms with Crippen LogP contribution in [-0.4, -0.2) is 27.6 Å². The molecule has 39 heavy (non-hydrogen) atoms. The van der Waals surface area contributed by atoms with E-state index >= 15 is 0 Å². The molecule has 0 fully saturated rings. The average molecular weight is 577 g/mol. The molecule has 1 unspecified atom stereocenters. The number of aryl methyl sites for hydroxylation is 1. The number of nitrogens with one attached hydrogen (secondary N) is 1. The van der Waals surface area contributed by atoms with Crippen LogP contribution in [0.15, 0.2) is 75.5 Å². The minimum Gasteiger partial charge on any atom is -0.384 e. The van der Waals surface area contributed by atoms with Gasteiger partial charge in [-0.2, -0.15) is 5.26 Å². The molecular weight excluding hydrogens is 552 g/mol. The Bertz CT molecular complexity index is 1540. The summed E-state index contributed by atoms with van der Waals surface area (Å²) >= 11 is 8.62. The molecule has 11 heteroatoms. The second-order valence-corrected chi connectivity index (χ2v) is 11.7. The van der Waals surface area contributed by atoms with Gasteiger partial charge in [-0.15, -0.1) is 10.2 Å². The summed E-state index contributed by atoms with van der Waals surface area (Å²) in [5, 5.41) is 22.5. The van der Waals surface area contributed by atoms with Gasteiger partial charge >= 0.3 is 0 Å². The van der Waals surface area contributed by atoms with E-state index in [1.807, 2.05) is 24.3 Å². The van der Waals surface area contributed by atoms with Gasteiger partial charge in [-0.3, -0.25) is 14.5 Å². The summed E-state index contributed by atoms with van der Waals surface area (Å²) < 4.78 is 0.562. The van der Waals surface area contributed by atoms with Crippen LogP contribution in [-0.2, 0) is 16.0 Å². The zero-order valence-electron chi connectivity index (χ0n) is 21.1. The average Bonchev–Trinajstić information content (AvgIpc) is 3.41. The molecule has 0 radical (unpaired) electrons. The van der Waals surface area contributed by atoms with Gasteiger partial charge in [0.2, 0.25) is 11.0 Å². The number of hydrogen-bond acceptors (Lipinski definition) is 9. The SMILES string of the molecule is CCc1ccc(C2C(C#N)=C(N)N(c3nnc(SCC(=O)Nc4ccccc4Cl)s3)C3=C2C(=O)CCC3)cc1. The van der Waals surface area contributed by atoms with Crippen molar-refractivity contribution in [2.45, 2.75) is 42.9 Å². The van der Waals surface area contributed by atoms with E-state index in [1.54, 1.807) is 29.2 Å². The number of carbonyl (C=O) groups is 2. The smallest absolute Gasteiger partial charge is 0.234 e. The molecule has 8 nitrogen and oxygen atoms in total. The van der Waals surface area contributed by atoms with E-state index in [0.717, 1.165) is 17.7 Å². The van der Waals surface area contributed by atoms with E-state index in [1.165, 1.54) is 28.7 Å². The van der Waals surface area contributed by atoms with Crippen molar-refractivity contribution in [3.63, 3.8) is 0 Å². The maximum Gasteiger partial charge on any atom is 0.234 e. The van der Waals surface area contributed by atoms with E-state index in [4.69, 9.17) is 17.3 Å². The molecule has 0 bridgehead atoms. The highest BCUT2D eigenvalue weighted by atomic mass is 35.5. The van der Waals surface area contributed by atoms with Crippen LogP contribution in [0.2, 0.25) is 5.02 Å². The van der Waals surface area contributed by atoms with Crippen LogP contribution in [0.25, 0.3) is 0 Å². The Balaban J connectivity index is 1.42. The third-order valence-corrected chi connectivity index (χ3v) is 9.07. The lowest BCUT2D eigenvalue weighted by molar-refractivity contribution is -0.116. The number of para-hydroxylation sites is 1. The lowest BCUT2D eigenvalue weighted by Crippen LogP contribution is -2.38. The van der Waals surface area contributed by atoms with E-state index in [2.05, 4.69) is 28.5 Å². The number of rotatable bonds is 7. The molecular formula is C28H25ClN6O2S2. The highest BCUT2D eigenvalue weighted by Gasteiger charge is 2.41. The van der Waals surface area contributed by atoms with E-state index < -0.39 is 5.92 Å². The Morgan fingerprint density at radius 1 is 1.23 bits per heavy atom. The number of thioether (sulfide) groups is 1. The predicted octanol–water partition coefficient (Wildman–Crippen LogP) is 5.79. The normalized spacial score (nSPS) is 17.2. The van der Waals surface area contributed by atoms with Crippen molar-refractivity contribution < 1.29 is 9.59 Å². The Morgan fingerprint density at radius 2 is 2.00 bits per heavy atom. The van der Waals surface area contributed by atoms with Crippen molar-refractivity contribution in [2.24, 2.45) is 5.73 Å². The number of ketones is 1. The molecule has 3 N–H and O–H groups in total. The zero-order chi connectivity index (χ0) is 27.5. The molecule has 2 aromatic carbocycles. The highest BCUT2D eigenvalue weighted by Crippen LogP contribution is 2.47. The van der Waals surface area contributed by atoms with E-state index in [0.29, 0.717) is 50.6 Å². The number of Topliss-reactive ketones (excluding diaryl/α,β-unsaturated/α-hetero) is 1. The van der Waals surface area contributed by atoms with Gasteiger partial charge in [0.15, 0.2) is 10.1 Å². The maximum atomic E-state index is 13.3. The van der Waals surface area contributed by atoms with Gasteiger partial charge in [0, 0.05) is 17.7 Å². The van der Waals surface area contributed by atoms with Gasteiger partial charge < -0.3 is 11.1 Å². The fraction of sp³-hybridized carbons (Fsp3) is 0.250. The number of hydrogen-bond donors (Lipinski definition) is 2. The first kappa shape index (κ1) is 26.9. The Labute approximate surface area is 239 Å². The number of aromatic nitrogens is 2. The van der Waals surface area contributed by atoms with E-state index in [-0.39, 0.29) is 23.3 Å². The molecule has 0 spiro atoms. The first-order valence-corrected chi connectivity index (χ1v) is 14.6. The number of allylic oxidation sites excluding steroid dienone is 3. The van der Waals surface area contributed by atoms with Gasteiger partial charge in [-0.1, -0.05) is 78.0 Å². The molecule has 198 valence electrons. The lowest BCUT2D eigenvalue weighted by Gasteiger charge is -2.38. The standard InChI is InChI=1S/C28H25ClN6O2S2/c1-2-16-10-12-17(13-11-16)24-18(14-30)26(31)35(21-8-5-9-22(36)25(21)24)27-33-34-28(39-27)38-15-23(37)32-20-7-4-3-6-19(20)29/h3-4,6-7,10-13,24H,2,5,8-9,15,31H2,1H3,(H,32,37). The summed E-state index contributed by atoms with van der Waals surface area (Å²) in [5.41, 5.74) is 10.9. The molecule has 1 amide bonds. The molecule has 0 saturated carbocycles. The molecule has 1 aromatic heterocycles. The Hall–Kier alpha value is -3.65. The van der Waals surface area contributed by atoms with E-state index in [9.17, 15) is 14.9 Å². The maximum absolute atomic E-state index is 13.3. The second-order valence-electron chi connectivity index (χ2n) is 9.08. The summed E-state index contributed by atoms with van der Waals surface area (Å²) in [6.45, 7) is 2.08. The molecule has 1 aliphatic carbocycles. The molecule has 3 aromatic rings. The molecule has 2 aliphatic rings. The second kappa shape index (κ2) is 11.6. The van der Waals surface area contributed by atoms with Crippen LogP contribution in [0.3, 0.4) is 0 Å². The third kappa shape index (κ3) is 5.43. The Morgan fingerprint density at radius 3 is 2.72 bits per heavy atom. The summed E-state index contributed by atoms with van der Waals surface area (Å²) in [6, 6.07) is 17.3. The molecule has 2 heterocycles. The van der Waals surface area contributed by atoms with Gasteiger partial charge in [0.1, 0.15) is 5.82 Å². The topological polar surface area (TPSA) is 125 Å². The van der Waals surface area contributed by atoms with Crippen molar-refractivity contribution >= 4 is 57.2 Å². The molecule has 0 saturated heterocycles. The number of nitriles is 1. The fourth-order valence-corrected chi connectivity index (χ4v) is 6.68. The number of nitrogens with zero attached hydrogens (tertiary/aromatic N) is 4. The van der Waals surface area contributed by atoms with Crippen molar-refractivity contribution in [3.8, 4) is 6.07 Å². The molecule has 1 atom stereocenters. The first-order valence-electron chi connectivity index (χ1n) is 12.5. The highest BCUT2D eigenvalue weighted by molar-refractivity contribution is 8.01. The molecule has 5 rings (SSSR count). The van der Waals surface area contributed by atoms with Crippen LogP contribution in [0.1, 0.15) is 43.2 Å². The number of nitrogens with two attached hydrogens (primary N) is 1. The third-order valence-electron chi connectivity index (χ3n) is 6.70. The van der Waals surface area contributed by atoms with Gasteiger partial charge in [-0.25, -0.2) is 0 Å². The lowest BCUT2D eigenvalue weighted by atomic mass is 9.75. The first-order chi connectivity index (χ1) is 18.9. The van der Waals surface area contributed by atoms with Crippen LogP contribution >= 0.6 is 34.7 Å². The summed E-state index contributed by atoms with van der Waals surface area (Å²) in [5.74, 6) is -0.373. The molecule has 1 aliphatic heterocycles. The van der Waals surface area contributed by atoms with Crippen LogP contribution in [0.4, 0.5) is 10.8 Å². The van der Waals surface area contributed by atoms with Crippen LogP contribution < -0.4 is 16.0 Å². The minimum atomic E-state index is -0.518. The van der Waals surface area contributed by atoms with Crippen molar-refractivity contribution in [1.82, 2.24) is 10.2 Å². The zero-order valence-corrected chi connectivity index (χ0v) is 23.5.